The fourth-order valence-electron chi connectivity index (χ4n) is 2.48. The molecule has 1 aliphatic rings. The Kier molecular flexibility index (Phi) is 3.18. The Bertz CT molecular complexity index is 665. The van der Waals surface area contributed by atoms with Gasteiger partial charge in [0.15, 0.2) is 10.8 Å². The summed E-state index contributed by atoms with van der Waals surface area (Å²) in [5, 5.41) is 12.6. The van der Waals surface area contributed by atoms with Crippen molar-refractivity contribution in [3.05, 3.63) is 35.2 Å². The van der Waals surface area contributed by atoms with Crippen LogP contribution in [-0.4, -0.2) is 32.5 Å². The van der Waals surface area contributed by atoms with E-state index in [0.717, 1.165) is 12.8 Å². The highest BCUT2D eigenvalue weighted by Crippen LogP contribution is 2.39. The lowest BCUT2D eigenvalue weighted by Gasteiger charge is -2.28. The number of pyridine rings is 1. The lowest BCUT2D eigenvalue weighted by molar-refractivity contribution is 0.0819. The molecule has 1 fully saturated rings. The van der Waals surface area contributed by atoms with Crippen LogP contribution < -0.4 is 5.32 Å². The van der Waals surface area contributed by atoms with E-state index in [9.17, 15) is 9.90 Å². The van der Waals surface area contributed by atoms with Crippen LogP contribution in [0.1, 0.15) is 30.3 Å². The van der Waals surface area contributed by atoms with Gasteiger partial charge in [0.25, 0.3) is 5.91 Å². The lowest BCUT2D eigenvalue weighted by Crippen LogP contribution is -2.51. The first-order chi connectivity index (χ1) is 9.55. The molecule has 2 heterocycles. The zero-order valence-electron chi connectivity index (χ0n) is 11.1. The summed E-state index contributed by atoms with van der Waals surface area (Å²) in [6.45, 7) is 1.78. The van der Waals surface area contributed by atoms with Gasteiger partial charge >= 0.3 is 0 Å². The predicted octanol–water partition coefficient (Wildman–Crippen LogP) is 1.88. The van der Waals surface area contributed by atoms with Crippen LogP contribution in [0.25, 0.3) is 5.65 Å². The summed E-state index contributed by atoms with van der Waals surface area (Å²) in [4.78, 5) is 16.6. The molecule has 3 rings (SSSR count). The molecule has 1 saturated carbocycles. The Morgan fingerprint density at radius 2 is 2.35 bits per heavy atom. The minimum atomic E-state index is -0.598. The van der Waals surface area contributed by atoms with Crippen molar-refractivity contribution >= 4 is 23.2 Å². The third kappa shape index (κ3) is 2.17. The highest BCUT2D eigenvalue weighted by molar-refractivity contribution is 6.32. The van der Waals surface area contributed by atoms with Crippen LogP contribution in [0, 0.1) is 5.92 Å². The van der Waals surface area contributed by atoms with E-state index < -0.39 is 5.54 Å². The van der Waals surface area contributed by atoms with E-state index in [4.69, 9.17) is 11.6 Å². The number of imidazole rings is 1. The predicted molar refractivity (Wildman–Crippen MR) is 75.9 cm³/mol. The number of carbonyl (C=O) groups is 1. The lowest BCUT2D eigenvalue weighted by atomic mass is 9.97. The average Bonchev–Trinajstić information content (AvgIpc) is 3.21. The fourth-order valence-corrected chi connectivity index (χ4v) is 2.74. The molecule has 0 radical (unpaired) electrons. The van der Waals surface area contributed by atoms with E-state index in [2.05, 4.69) is 10.3 Å². The van der Waals surface area contributed by atoms with Crippen LogP contribution in [0.2, 0.25) is 5.15 Å². The third-order valence-electron chi connectivity index (χ3n) is 3.91. The van der Waals surface area contributed by atoms with Gasteiger partial charge in [0, 0.05) is 6.20 Å². The highest BCUT2D eigenvalue weighted by Gasteiger charge is 2.42. The monoisotopic (exact) mass is 293 g/mol. The summed E-state index contributed by atoms with van der Waals surface area (Å²) < 4.78 is 1.66. The maximum absolute atomic E-state index is 12.5. The normalized spacial score (nSPS) is 17.9. The molecule has 0 spiro atoms. The van der Waals surface area contributed by atoms with Gasteiger partial charge in [0.05, 0.1) is 12.1 Å². The first kappa shape index (κ1) is 13.4. The number of aliphatic hydroxyl groups is 1. The molecule has 2 aromatic rings. The molecule has 1 unspecified atom stereocenters. The summed E-state index contributed by atoms with van der Waals surface area (Å²) in [5.41, 5.74) is 0.335. The number of hydrogen-bond donors (Lipinski definition) is 2. The quantitative estimate of drug-likeness (QED) is 0.904. The Labute approximate surface area is 121 Å². The maximum atomic E-state index is 12.5. The van der Waals surface area contributed by atoms with Crippen molar-refractivity contribution in [2.45, 2.75) is 25.3 Å². The minimum absolute atomic E-state index is 0.0856. The highest BCUT2D eigenvalue weighted by atomic mass is 35.5. The Morgan fingerprint density at radius 1 is 1.60 bits per heavy atom. The Morgan fingerprint density at radius 3 is 3.00 bits per heavy atom. The topological polar surface area (TPSA) is 66.6 Å². The first-order valence-corrected chi connectivity index (χ1v) is 6.99. The van der Waals surface area contributed by atoms with Gasteiger partial charge in [-0.1, -0.05) is 17.7 Å². The number of carbonyl (C=O) groups excluding carboxylic acids is 1. The van der Waals surface area contributed by atoms with Gasteiger partial charge < -0.3 is 10.4 Å². The summed E-state index contributed by atoms with van der Waals surface area (Å²) in [6, 6.07) is 5.44. The second-order valence-corrected chi connectivity index (χ2v) is 5.84. The van der Waals surface area contributed by atoms with Gasteiger partial charge in [-0.2, -0.15) is 0 Å². The van der Waals surface area contributed by atoms with E-state index in [1.165, 1.54) is 0 Å². The van der Waals surface area contributed by atoms with Crippen molar-refractivity contribution < 1.29 is 9.90 Å². The second kappa shape index (κ2) is 4.75. The van der Waals surface area contributed by atoms with E-state index in [1.54, 1.807) is 16.7 Å². The molecule has 20 heavy (non-hydrogen) atoms. The van der Waals surface area contributed by atoms with Crippen LogP contribution in [0.4, 0.5) is 0 Å². The van der Waals surface area contributed by atoms with E-state index >= 15 is 0 Å². The minimum Gasteiger partial charge on any atom is -0.394 e. The molecular weight excluding hydrogens is 278 g/mol. The average molecular weight is 294 g/mol. The Hall–Kier alpha value is -1.59. The van der Waals surface area contributed by atoms with Crippen molar-refractivity contribution in [3.8, 4) is 0 Å². The smallest absolute Gasteiger partial charge is 0.272 e. The Balaban J connectivity index is 1.94. The summed E-state index contributed by atoms with van der Waals surface area (Å²) in [7, 11) is 0. The maximum Gasteiger partial charge on any atom is 0.272 e. The number of amides is 1. The van der Waals surface area contributed by atoms with Crippen LogP contribution in [0.3, 0.4) is 0 Å². The molecule has 0 saturated heterocycles. The number of halogens is 1. The number of aromatic nitrogens is 2. The number of hydrogen-bond acceptors (Lipinski definition) is 3. The van der Waals surface area contributed by atoms with Crippen LogP contribution >= 0.6 is 11.6 Å². The van der Waals surface area contributed by atoms with Crippen molar-refractivity contribution in [2.24, 2.45) is 5.92 Å². The van der Waals surface area contributed by atoms with Crippen molar-refractivity contribution in [1.29, 1.82) is 0 Å². The molecule has 2 aromatic heterocycles. The van der Waals surface area contributed by atoms with Gasteiger partial charge in [-0.05, 0) is 37.8 Å². The SMILES string of the molecule is CC(CO)(NC(=O)c1c(Cl)nc2ccccn12)C1CC1. The number of nitrogens with zero attached hydrogens (tertiary/aromatic N) is 2. The van der Waals surface area contributed by atoms with Gasteiger partial charge in [-0.15, -0.1) is 0 Å². The van der Waals surface area contributed by atoms with Crippen LogP contribution in [-0.2, 0) is 0 Å². The van der Waals surface area contributed by atoms with Crippen LogP contribution in [0.5, 0.6) is 0 Å². The van der Waals surface area contributed by atoms with E-state index in [1.807, 2.05) is 19.1 Å². The summed E-state index contributed by atoms with van der Waals surface area (Å²) >= 11 is 6.07. The number of aliphatic hydroxyl groups excluding tert-OH is 1. The molecule has 0 bridgehead atoms. The van der Waals surface area contributed by atoms with Gasteiger partial charge in [-0.25, -0.2) is 4.98 Å². The molecule has 1 atom stereocenters. The number of rotatable bonds is 4. The third-order valence-corrected chi connectivity index (χ3v) is 4.17. The van der Waals surface area contributed by atoms with Gasteiger partial charge in [0.2, 0.25) is 0 Å². The molecule has 2 N–H and O–H groups in total. The largest absolute Gasteiger partial charge is 0.394 e. The molecule has 6 heteroatoms. The number of fused-ring (bicyclic) bond motifs is 1. The molecule has 5 nitrogen and oxygen atoms in total. The fraction of sp³-hybridized carbons (Fsp3) is 0.429. The number of nitrogens with one attached hydrogen (secondary N) is 1. The zero-order chi connectivity index (χ0) is 14.3. The molecule has 1 amide bonds. The van der Waals surface area contributed by atoms with Crippen molar-refractivity contribution in [3.63, 3.8) is 0 Å². The molecule has 1 aliphatic carbocycles. The van der Waals surface area contributed by atoms with Crippen molar-refractivity contribution in [1.82, 2.24) is 14.7 Å². The van der Waals surface area contributed by atoms with Crippen LogP contribution in [0.15, 0.2) is 24.4 Å². The van der Waals surface area contributed by atoms with E-state index in [-0.39, 0.29) is 17.7 Å². The second-order valence-electron chi connectivity index (χ2n) is 5.48. The summed E-state index contributed by atoms with van der Waals surface area (Å²) in [6.07, 6.45) is 3.80. The van der Waals surface area contributed by atoms with Gasteiger partial charge in [-0.3, -0.25) is 9.20 Å². The first-order valence-electron chi connectivity index (χ1n) is 6.61. The summed E-state index contributed by atoms with van der Waals surface area (Å²) in [5.74, 6) is 0.0200. The standard InChI is InChI=1S/C14H16ClN3O2/c1-14(8-19,9-5-6-9)17-13(20)11-12(15)16-10-4-2-3-7-18(10)11/h2-4,7,9,19H,5-6,8H2,1H3,(H,17,20). The molecule has 0 aromatic carbocycles. The van der Waals surface area contributed by atoms with E-state index in [0.29, 0.717) is 17.3 Å². The molecule has 106 valence electrons. The zero-order valence-corrected chi connectivity index (χ0v) is 11.9. The molecule has 0 aliphatic heterocycles. The molecular formula is C14H16ClN3O2. The van der Waals surface area contributed by atoms with Gasteiger partial charge in [0.1, 0.15) is 5.65 Å². The van der Waals surface area contributed by atoms with Crippen molar-refractivity contribution in [2.75, 3.05) is 6.61 Å².